The van der Waals surface area contributed by atoms with Gasteiger partial charge in [0.2, 0.25) is 5.91 Å². The van der Waals surface area contributed by atoms with Crippen molar-refractivity contribution >= 4 is 17.5 Å². The maximum Gasteiger partial charge on any atom is 0.251 e. The van der Waals surface area contributed by atoms with E-state index in [1.54, 1.807) is 55.5 Å². The molecule has 23 heavy (non-hydrogen) atoms. The van der Waals surface area contributed by atoms with Crippen LogP contribution in [0.5, 0.6) is 0 Å². The highest BCUT2D eigenvalue weighted by Gasteiger charge is 2.16. The third-order valence-electron chi connectivity index (χ3n) is 3.28. The molecular weight excluding hydrogens is 290 g/mol. The highest BCUT2D eigenvalue weighted by Crippen LogP contribution is 2.10. The lowest BCUT2D eigenvalue weighted by Gasteiger charge is -2.14. The molecule has 0 fully saturated rings. The second kappa shape index (κ2) is 7.76. The highest BCUT2D eigenvalue weighted by atomic mass is 16.2. The van der Waals surface area contributed by atoms with Crippen LogP contribution in [0.1, 0.15) is 22.8 Å². The van der Waals surface area contributed by atoms with Crippen molar-refractivity contribution in [1.82, 2.24) is 5.32 Å². The van der Waals surface area contributed by atoms with Crippen LogP contribution in [0.25, 0.3) is 0 Å². The summed E-state index contributed by atoms with van der Waals surface area (Å²) in [6.07, 6.45) is 0.331. The molecule has 2 N–H and O–H groups in total. The molecule has 2 aromatic carbocycles. The molecule has 5 nitrogen and oxygen atoms in total. The van der Waals surface area contributed by atoms with Crippen LogP contribution in [0, 0.1) is 11.3 Å². The second-order valence-electron chi connectivity index (χ2n) is 5.08. The van der Waals surface area contributed by atoms with Crippen LogP contribution in [0.4, 0.5) is 5.69 Å². The summed E-state index contributed by atoms with van der Waals surface area (Å²) in [5, 5.41) is 14.0. The normalized spacial score (nSPS) is 11.1. The molecule has 0 aromatic heterocycles. The van der Waals surface area contributed by atoms with Gasteiger partial charge in [-0.15, -0.1) is 0 Å². The van der Waals surface area contributed by atoms with Crippen molar-refractivity contribution in [2.45, 2.75) is 19.4 Å². The van der Waals surface area contributed by atoms with E-state index >= 15 is 0 Å². The van der Waals surface area contributed by atoms with E-state index in [1.807, 2.05) is 6.07 Å². The van der Waals surface area contributed by atoms with Gasteiger partial charge >= 0.3 is 0 Å². The van der Waals surface area contributed by atoms with Crippen LogP contribution < -0.4 is 10.6 Å². The predicted octanol–water partition coefficient (Wildman–Crippen LogP) is 2.51. The van der Waals surface area contributed by atoms with Gasteiger partial charge in [-0.1, -0.05) is 30.3 Å². The van der Waals surface area contributed by atoms with Crippen molar-refractivity contribution < 1.29 is 9.59 Å². The Hall–Kier alpha value is -3.13. The zero-order valence-electron chi connectivity index (χ0n) is 12.7. The van der Waals surface area contributed by atoms with Gasteiger partial charge in [0.25, 0.3) is 5.91 Å². The minimum Gasteiger partial charge on any atom is -0.341 e. The molecule has 0 aliphatic carbocycles. The SMILES string of the molecule is CC(NC(=O)c1ccccc1)C(=O)Nc1ccc(CC#N)cc1. The lowest BCUT2D eigenvalue weighted by atomic mass is 10.1. The summed E-state index contributed by atoms with van der Waals surface area (Å²) in [7, 11) is 0. The molecule has 5 heteroatoms. The topological polar surface area (TPSA) is 82.0 Å². The Morgan fingerprint density at radius 1 is 1.09 bits per heavy atom. The molecule has 0 heterocycles. The number of carbonyl (C=O) groups is 2. The Kier molecular flexibility index (Phi) is 5.48. The molecule has 0 saturated carbocycles. The largest absolute Gasteiger partial charge is 0.341 e. The molecule has 1 atom stereocenters. The lowest BCUT2D eigenvalue weighted by molar-refractivity contribution is -0.117. The third kappa shape index (κ3) is 4.68. The van der Waals surface area contributed by atoms with Crippen LogP contribution in [-0.4, -0.2) is 17.9 Å². The van der Waals surface area contributed by atoms with Crippen LogP contribution >= 0.6 is 0 Å². The zero-order chi connectivity index (χ0) is 16.7. The van der Waals surface area contributed by atoms with Gasteiger partial charge in [0, 0.05) is 11.3 Å². The van der Waals surface area contributed by atoms with Crippen LogP contribution in [0.15, 0.2) is 54.6 Å². The summed E-state index contributed by atoms with van der Waals surface area (Å²) in [5.41, 5.74) is 2.02. The highest BCUT2D eigenvalue weighted by molar-refractivity contribution is 6.00. The number of nitrogens with one attached hydrogen (secondary N) is 2. The summed E-state index contributed by atoms with van der Waals surface area (Å²) >= 11 is 0. The summed E-state index contributed by atoms with van der Waals surface area (Å²) in [6, 6.07) is 17.2. The average molecular weight is 307 g/mol. The Labute approximate surface area is 134 Å². The maximum atomic E-state index is 12.1. The fraction of sp³-hybridized carbons (Fsp3) is 0.167. The van der Waals surface area contributed by atoms with Crippen molar-refractivity contribution in [2.24, 2.45) is 0 Å². The van der Waals surface area contributed by atoms with Gasteiger partial charge in [0.15, 0.2) is 0 Å². The minimum atomic E-state index is -0.665. The van der Waals surface area contributed by atoms with E-state index in [2.05, 4.69) is 16.7 Å². The molecule has 0 aliphatic rings. The smallest absolute Gasteiger partial charge is 0.251 e. The Balaban J connectivity index is 1.92. The summed E-state index contributed by atoms with van der Waals surface area (Å²) in [4.78, 5) is 24.1. The molecule has 2 rings (SSSR count). The van der Waals surface area contributed by atoms with Gasteiger partial charge < -0.3 is 10.6 Å². The fourth-order valence-corrected chi connectivity index (χ4v) is 1.98. The number of benzene rings is 2. The van der Waals surface area contributed by atoms with Crippen LogP contribution in [0.3, 0.4) is 0 Å². The van der Waals surface area contributed by atoms with Crippen molar-refractivity contribution in [3.8, 4) is 6.07 Å². The van der Waals surface area contributed by atoms with Gasteiger partial charge in [-0.2, -0.15) is 5.26 Å². The molecule has 116 valence electrons. The van der Waals surface area contributed by atoms with Crippen molar-refractivity contribution in [1.29, 1.82) is 5.26 Å². The first-order chi connectivity index (χ1) is 11.1. The van der Waals surface area contributed by atoms with Crippen LogP contribution in [0.2, 0.25) is 0 Å². The zero-order valence-corrected chi connectivity index (χ0v) is 12.7. The number of amides is 2. The average Bonchev–Trinajstić information content (AvgIpc) is 2.57. The van der Waals surface area contributed by atoms with E-state index in [4.69, 9.17) is 5.26 Å². The molecule has 2 amide bonds. The quantitative estimate of drug-likeness (QED) is 0.890. The van der Waals surface area contributed by atoms with E-state index in [0.717, 1.165) is 5.56 Å². The minimum absolute atomic E-state index is 0.294. The summed E-state index contributed by atoms with van der Waals surface area (Å²) in [6.45, 7) is 1.63. The lowest BCUT2D eigenvalue weighted by Crippen LogP contribution is -2.41. The Morgan fingerprint density at radius 3 is 2.35 bits per heavy atom. The number of nitrogens with zero attached hydrogens (tertiary/aromatic N) is 1. The second-order valence-corrected chi connectivity index (χ2v) is 5.08. The first-order valence-electron chi connectivity index (χ1n) is 7.23. The van der Waals surface area contributed by atoms with E-state index in [0.29, 0.717) is 17.7 Å². The molecule has 0 saturated heterocycles. The number of nitriles is 1. The standard InChI is InChI=1S/C18H17N3O2/c1-13(20-18(23)15-5-3-2-4-6-15)17(22)21-16-9-7-14(8-10-16)11-12-19/h2-10,13H,11H2,1H3,(H,20,23)(H,21,22). The number of hydrogen-bond acceptors (Lipinski definition) is 3. The van der Waals surface area contributed by atoms with E-state index in [9.17, 15) is 9.59 Å². The van der Waals surface area contributed by atoms with E-state index < -0.39 is 6.04 Å². The van der Waals surface area contributed by atoms with Gasteiger partial charge in [0.1, 0.15) is 6.04 Å². The maximum absolute atomic E-state index is 12.1. The van der Waals surface area contributed by atoms with Crippen LogP contribution in [-0.2, 0) is 11.2 Å². The number of hydrogen-bond donors (Lipinski definition) is 2. The number of carbonyl (C=O) groups excluding carboxylic acids is 2. The third-order valence-corrected chi connectivity index (χ3v) is 3.28. The van der Waals surface area contributed by atoms with Gasteiger partial charge in [-0.3, -0.25) is 9.59 Å². The van der Waals surface area contributed by atoms with Gasteiger partial charge in [-0.05, 0) is 36.8 Å². The van der Waals surface area contributed by atoms with Crippen molar-refractivity contribution in [3.05, 3.63) is 65.7 Å². The molecule has 0 bridgehead atoms. The number of rotatable bonds is 5. The fourth-order valence-electron chi connectivity index (χ4n) is 1.98. The first-order valence-corrected chi connectivity index (χ1v) is 7.23. The molecule has 0 radical (unpaired) electrons. The molecule has 1 unspecified atom stereocenters. The number of anilines is 1. The van der Waals surface area contributed by atoms with E-state index in [-0.39, 0.29) is 11.8 Å². The molecule has 2 aromatic rings. The van der Waals surface area contributed by atoms with Gasteiger partial charge in [0.05, 0.1) is 12.5 Å². The van der Waals surface area contributed by atoms with Crippen molar-refractivity contribution in [2.75, 3.05) is 5.32 Å². The monoisotopic (exact) mass is 307 g/mol. The molecule has 0 spiro atoms. The van der Waals surface area contributed by atoms with E-state index in [1.165, 1.54) is 0 Å². The predicted molar refractivity (Wildman–Crippen MR) is 87.8 cm³/mol. The summed E-state index contributed by atoms with van der Waals surface area (Å²) in [5.74, 6) is -0.597. The Morgan fingerprint density at radius 2 is 1.74 bits per heavy atom. The van der Waals surface area contributed by atoms with Gasteiger partial charge in [-0.25, -0.2) is 0 Å². The molecular formula is C18H17N3O2. The first kappa shape index (κ1) is 16.2. The molecule has 0 aliphatic heterocycles. The summed E-state index contributed by atoms with van der Waals surface area (Å²) < 4.78 is 0. The Bertz CT molecular complexity index is 718. The van der Waals surface area contributed by atoms with Crippen molar-refractivity contribution in [3.63, 3.8) is 0 Å².